The van der Waals surface area contributed by atoms with Crippen LogP contribution in [0.2, 0.25) is 0 Å². The van der Waals surface area contributed by atoms with E-state index in [-0.39, 0.29) is 17.5 Å². The summed E-state index contributed by atoms with van der Waals surface area (Å²) in [5.41, 5.74) is 1.05. The number of rotatable bonds is 5. The molecule has 0 spiro atoms. The van der Waals surface area contributed by atoms with Gasteiger partial charge in [0, 0.05) is 23.6 Å². The molecule has 1 N–H and O–H groups in total. The number of hydrogen-bond acceptors (Lipinski definition) is 5. The molecule has 0 aromatic heterocycles. The second-order valence-electron chi connectivity index (χ2n) is 4.39. The Hall–Kier alpha value is -1.73. The molecule has 0 saturated heterocycles. The smallest absolute Gasteiger partial charge is 0.269 e. The molecule has 1 aliphatic rings. The molecule has 7 heteroatoms. The van der Waals surface area contributed by atoms with E-state index in [1.807, 2.05) is 0 Å². The summed E-state index contributed by atoms with van der Waals surface area (Å²) in [6.45, 7) is 0.627. The van der Waals surface area contributed by atoms with Gasteiger partial charge in [0.25, 0.3) is 5.69 Å². The summed E-state index contributed by atoms with van der Waals surface area (Å²) in [6.07, 6.45) is 2.34. The zero-order chi connectivity index (χ0) is 13.9. The molecular weight excluding hydrogens is 268 g/mol. The van der Waals surface area contributed by atoms with Gasteiger partial charge in [-0.15, -0.1) is 0 Å². The highest BCUT2D eigenvalue weighted by atomic mass is 32.2. The predicted octanol–water partition coefficient (Wildman–Crippen LogP) is 1.04. The van der Waals surface area contributed by atoms with Crippen LogP contribution in [0.15, 0.2) is 35.7 Å². The molecule has 0 radical (unpaired) electrons. The van der Waals surface area contributed by atoms with Gasteiger partial charge in [-0.25, -0.2) is 8.42 Å². The van der Waals surface area contributed by atoms with Crippen molar-refractivity contribution >= 4 is 15.5 Å². The predicted molar refractivity (Wildman–Crippen MR) is 71.5 cm³/mol. The quantitative estimate of drug-likeness (QED) is 0.643. The second-order valence-corrected chi connectivity index (χ2v) is 6.32. The SMILES string of the molecule is O=[N+]([O-])c1ccc(CCNC2C=CS(=O)(=O)C2)cc1. The fourth-order valence-corrected chi connectivity index (χ4v) is 3.16. The first-order valence-corrected chi connectivity index (χ1v) is 7.55. The molecule has 6 nitrogen and oxygen atoms in total. The van der Waals surface area contributed by atoms with E-state index in [9.17, 15) is 18.5 Å². The highest BCUT2D eigenvalue weighted by molar-refractivity contribution is 7.94. The largest absolute Gasteiger partial charge is 0.309 e. The molecule has 1 unspecified atom stereocenters. The number of non-ortho nitro benzene ring substituents is 1. The number of sulfone groups is 1. The van der Waals surface area contributed by atoms with Gasteiger partial charge < -0.3 is 5.32 Å². The van der Waals surface area contributed by atoms with Crippen molar-refractivity contribution in [3.63, 3.8) is 0 Å². The average Bonchev–Trinajstić information content (AvgIpc) is 2.69. The zero-order valence-corrected chi connectivity index (χ0v) is 11.0. The van der Waals surface area contributed by atoms with Crippen molar-refractivity contribution in [2.45, 2.75) is 12.5 Å². The molecule has 0 amide bonds. The van der Waals surface area contributed by atoms with Gasteiger partial charge in [-0.1, -0.05) is 18.2 Å². The lowest BCUT2D eigenvalue weighted by Crippen LogP contribution is -2.31. The molecule has 0 bridgehead atoms. The van der Waals surface area contributed by atoms with Crippen molar-refractivity contribution in [2.24, 2.45) is 0 Å². The number of nitrogens with zero attached hydrogens (tertiary/aromatic N) is 1. The number of nitro benzene ring substituents is 1. The van der Waals surface area contributed by atoms with Gasteiger partial charge >= 0.3 is 0 Å². The number of benzene rings is 1. The van der Waals surface area contributed by atoms with Crippen LogP contribution in [-0.2, 0) is 16.3 Å². The van der Waals surface area contributed by atoms with Crippen molar-refractivity contribution in [3.05, 3.63) is 51.4 Å². The van der Waals surface area contributed by atoms with Gasteiger partial charge in [0.05, 0.1) is 10.7 Å². The monoisotopic (exact) mass is 282 g/mol. The summed E-state index contributed by atoms with van der Waals surface area (Å²) >= 11 is 0. The molecule has 2 rings (SSSR count). The van der Waals surface area contributed by atoms with Crippen LogP contribution in [0.1, 0.15) is 5.56 Å². The molecule has 1 aromatic carbocycles. The highest BCUT2D eigenvalue weighted by Crippen LogP contribution is 2.12. The van der Waals surface area contributed by atoms with Crippen LogP contribution in [0.4, 0.5) is 5.69 Å². The third-order valence-corrected chi connectivity index (χ3v) is 4.29. The van der Waals surface area contributed by atoms with Crippen LogP contribution in [0, 0.1) is 10.1 Å². The summed E-state index contributed by atoms with van der Waals surface area (Å²) in [4.78, 5) is 10.1. The highest BCUT2D eigenvalue weighted by Gasteiger charge is 2.20. The van der Waals surface area contributed by atoms with Crippen molar-refractivity contribution in [1.29, 1.82) is 0 Å². The van der Waals surface area contributed by atoms with Crippen molar-refractivity contribution in [2.75, 3.05) is 12.3 Å². The first-order valence-electron chi connectivity index (χ1n) is 5.84. The minimum absolute atomic E-state index is 0.0709. The Morgan fingerprint density at radius 3 is 2.53 bits per heavy atom. The Labute approximate surface area is 111 Å². The van der Waals surface area contributed by atoms with Gasteiger partial charge in [0.15, 0.2) is 9.84 Å². The third-order valence-electron chi connectivity index (χ3n) is 2.90. The van der Waals surface area contributed by atoms with Crippen molar-refractivity contribution in [3.8, 4) is 0 Å². The molecule has 1 atom stereocenters. The molecule has 1 aromatic rings. The van der Waals surface area contributed by atoms with E-state index in [0.29, 0.717) is 13.0 Å². The van der Waals surface area contributed by atoms with Crippen LogP contribution in [-0.4, -0.2) is 31.7 Å². The molecule has 0 saturated carbocycles. The van der Waals surface area contributed by atoms with Crippen LogP contribution in [0.25, 0.3) is 0 Å². The van der Waals surface area contributed by atoms with Crippen LogP contribution >= 0.6 is 0 Å². The van der Waals surface area contributed by atoms with Gasteiger partial charge in [-0.05, 0) is 18.5 Å². The van der Waals surface area contributed by atoms with E-state index in [1.54, 1.807) is 18.2 Å². The maximum Gasteiger partial charge on any atom is 0.269 e. The summed E-state index contributed by atoms with van der Waals surface area (Å²) in [6, 6.07) is 6.22. The Balaban J connectivity index is 1.80. The Kier molecular flexibility index (Phi) is 3.96. The van der Waals surface area contributed by atoms with E-state index < -0.39 is 14.8 Å². The fourth-order valence-electron chi connectivity index (χ4n) is 1.89. The molecule has 0 fully saturated rings. The van der Waals surface area contributed by atoms with E-state index in [4.69, 9.17) is 0 Å². The molecule has 19 heavy (non-hydrogen) atoms. The lowest BCUT2D eigenvalue weighted by molar-refractivity contribution is -0.384. The standard InChI is InChI=1S/C12H14N2O4S/c15-14(16)12-3-1-10(2-4-12)5-7-13-11-6-8-19(17,18)9-11/h1-4,6,8,11,13H,5,7,9H2. The molecule has 1 aliphatic heterocycles. The summed E-state index contributed by atoms with van der Waals surface area (Å²) in [7, 11) is -3.02. The molecule has 0 aliphatic carbocycles. The lowest BCUT2D eigenvalue weighted by Gasteiger charge is -2.09. The second kappa shape index (κ2) is 5.50. The van der Waals surface area contributed by atoms with Crippen molar-refractivity contribution < 1.29 is 13.3 Å². The minimum Gasteiger partial charge on any atom is -0.309 e. The summed E-state index contributed by atoms with van der Waals surface area (Å²) in [5.74, 6) is 0.104. The fraction of sp³-hybridized carbons (Fsp3) is 0.333. The van der Waals surface area contributed by atoms with Gasteiger partial charge in [-0.2, -0.15) is 0 Å². The van der Waals surface area contributed by atoms with Gasteiger partial charge in [0.2, 0.25) is 0 Å². The number of hydrogen-bond donors (Lipinski definition) is 1. The minimum atomic E-state index is -3.02. The van der Waals surface area contributed by atoms with Gasteiger partial charge in [0.1, 0.15) is 0 Å². The maximum atomic E-state index is 11.2. The summed E-state index contributed by atoms with van der Waals surface area (Å²) in [5, 5.41) is 14.8. The third kappa shape index (κ3) is 3.87. The number of nitro groups is 1. The lowest BCUT2D eigenvalue weighted by atomic mass is 10.1. The van der Waals surface area contributed by atoms with Crippen molar-refractivity contribution in [1.82, 2.24) is 5.32 Å². The van der Waals surface area contributed by atoms with Crippen LogP contribution in [0.5, 0.6) is 0 Å². The Morgan fingerprint density at radius 2 is 2.00 bits per heavy atom. The van der Waals surface area contributed by atoms with Crippen LogP contribution in [0.3, 0.4) is 0 Å². The van der Waals surface area contributed by atoms with E-state index in [2.05, 4.69) is 5.32 Å². The molecule has 1 heterocycles. The first-order chi connectivity index (χ1) is 8.96. The van der Waals surface area contributed by atoms with E-state index in [0.717, 1.165) is 5.56 Å². The average molecular weight is 282 g/mol. The first kappa shape index (κ1) is 13.7. The van der Waals surface area contributed by atoms with Gasteiger partial charge in [-0.3, -0.25) is 10.1 Å². The summed E-state index contributed by atoms with van der Waals surface area (Å²) < 4.78 is 22.4. The van der Waals surface area contributed by atoms with E-state index in [1.165, 1.54) is 17.5 Å². The molecule has 102 valence electrons. The zero-order valence-electron chi connectivity index (χ0n) is 10.2. The molecular formula is C12H14N2O4S. The normalized spacial score (nSPS) is 20.5. The Bertz CT molecular complexity index is 593. The number of nitrogens with one attached hydrogen (secondary N) is 1. The maximum absolute atomic E-state index is 11.2. The van der Waals surface area contributed by atoms with Crippen LogP contribution < -0.4 is 5.32 Å². The van der Waals surface area contributed by atoms with E-state index >= 15 is 0 Å². The Morgan fingerprint density at radius 1 is 1.32 bits per heavy atom. The topological polar surface area (TPSA) is 89.3 Å².